The van der Waals surface area contributed by atoms with Gasteiger partial charge in [-0.3, -0.25) is 4.79 Å². The van der Waals surface area contributed by atoms with E-state index in [0.717, 1.165) is 5.56 Å². The Bertz CT molecular complexity index is 793. The maximum absolute atomic E-state index is 13.1. The van der Waals surface area contributed by atoms with Crippen molar-refractivity contribution >= 4 is 11.9 Å². The van der Waals surface area contributed by atoms with Gasteiger partial charge in [0.25, 0.3) is 5.91 Å². The van der Waals surface area contributed by atoms with Crippen molar-refractivity contribution in [2.24, 2.45) is 0 Å². The van der Waals surface area contributed by atoms with Crippen molar-refractivity contribution in [1.29, 1.82) is 0 Å². The van der Waals surface area contributed by atoms with E-state index in [1.807, 2.05) is 36.4 Å². The summed E-state index contributed by atoms with van der Waals surface area (Å²) in [6.07, 6.45) is 1.67. The highest BCUT2D eigenvalue weighted by atomic mass is 16.6. The minimum atomic E-state index is -1.32. The average molecular weight is 365 g/mol. The van der Waals surface area contributed by atoms with Crippen LogP contribution in [0.5, 0.6) is 0 Å². The van der Waals surface area contributed by atoms with Gasteiger partial charge in [0.05, 0.1) is 0 Å². The van der Waals surface area contributed by atoms with Crippen molar-refractivity contribution in [3.8, 4) is 0 Å². The standard InChI is InChI=1S/C23H27NO3/c1-6-19(17-13-9-7-10-14-17)23(5,21(26)27-22(2,3)4)24-20(25)18-15-11-8-12-16-18/h6-16,19H,1H2,2-5H3,(H,24,25)/t19-,23-/m0/s1. The normalized spacial score (nSPS) is 14.5. The summed E-state index contributed by atoms with van der Waals surface area (Å²) >= 11 is 0. The van der Waals surface area contributed by atoms with Crippen molar-refractivity contribution < 1.29 is 14.3 Å². The first-order valence-electron chi connectivity index (χ1n) is 8.96. The Balaban J connectivity index is 2.45. The van der Waals surface area contributed by atoms with E-state index in [9.17, 15) is 9.59 Å². The second-order valence-corrected chi connectivity index (χ2v) is 7.65. The number of nitrogens with one attached hydrogen (secondary N) is 1. The molecule has 2 aromatic rings. The maximum atomic E-state index is 13.1. The monoisotopic (exact) mass is 365 g/mol. The molecule has 2 rings (SSSR count). The van der Waals surface area contributed by atoms with Crippen LogP contribution in [-0.4, -0.2) is 23.0 Å². The predicted octanol–water partition coefficient (Wildman–Crippen LogP) is 4.49. The molecule has 0 saturated heterocycles. The van der Waals surface area contributed by atoms with Crippen molar-refractivity contribution in [3.63, 3.8) is 0 Å². The summed E-state index contributed by atoms with van der Waals surface area (Å²) in [4.78, 5) is 26.0. The molecule has 4 nitrogen and oxygen atoms in total. The summed E-state index contributed by atoms with van der Waals surface area (Å²) in [7, 11) is 0. The van der Waals surface area contributed by atoms with Gasteiger partial charge in [-0.2, -0.15) is 0 Å². The van der Waals surface area contributed by atoms with Crippen LogP contribution in [0.2, 0.25) is 0 Å². The van der Waals surface area contributed by atoms with Crippen LogP contribution in [0.3, 0.4) is 0 Å². The Kier molecular flexibility index (Phi) is 6.21. The molecule has 27 heavy (non-hydrogen) atoms. The third-order valence-electron chi connectivity index (χ3n) is 4.25. The Morgan fingerprint density at radius 3 is 1.96 bits per heavy atom. The molecule has 0 radical (unpaired) electrons. The second-order valence-electron chi connectivity index (χ2n) is 7.65. The van der Waals surface area contributed by atoms with Crippen LogP contribution in [0, 0.1) is 0 Å². The smallest absolute Gasteiger partial charge is 0.333 e. The van der Waals surface area contributed by atoms with Crippen molar-refractivity contribution in [3.05, 3.63) is 84.4 Å². The van der Waals surface area contributed by atoms with Gasteiger partial charge in [0.15, 0.2) is 0 Å². The lowest BCUT2D eigenvalue weighted by Gasteiger charge is -2.37. The van der Waals surface area contributed by atoms with E-state index in [1.165, 1.54) is 0 Å². The molecule has 4 heteroatoms. The molecule has 2 aromatic carbocycles. The van der Waals surface area contributed by atoms with E-state index < -0.39 is 23.0 Å². The van der Waals surface area contributed by atoms with Gasteiger partial charge in [-0.1, -0.05) is 54.6 Å². The fourth-order valence-corrected chi connectivity index (χ4v) is 2.90. The zero-order chi connectivity index (χ0) is 20.1. The second kappa shape index (κ2) is 8.21. The van der Waals surface area contributed by atoms with E-state index in [0.29, 0.717) is 5.56 Å². The Morgan fingerprint density at radius 2 is 1.48 bits per heavy atom. The summed E-state index contributed by atoms with van der Waals surface area (Å²) in [6.45, 7) is 11.0. The molecule has 0 aliphatic rings. The van der Waals surface area contributed by atoms with Gasteiger partial charge in [-0.15, -0.1) is 6.58 Å². The Labute approximate surface area is 161 Å². The van der Waals surface area contributed by atoms with Gasteiger partial charge in [0.2, 0.25) is 0 Å². The van der Waals surface area contributed by atoms with Crippen LogP contribution < -0.4 is 5.32 Å². The van der Waals surface area contributed by atoms with E-state index in [-0.39, 0.29) is 5.91 Å². The number of carbonyl (C=O) groups excluding carboxylic acids is 2. The summed E-state index contributed by atoms with van der Waals surface area (Å²) in [5.74, 6) is -1.30. The van der Waals surface area contributed by atoms with Crippen molar-refractivity contribution in [2.75, 3.05) is 0 Å². The quantitative estimate of drug-likeness (QED) is 0.606. The highest BCUT2D eigenvalue weighted by molar-refractivity contribution is 5.98. The molecule has 0 heterocycles. The van der Waals surface area contributed by atoms with Gasteiger partial charge in [-0.25, -0.2) is 4.79 Å². The minimum absolute atomic E-state index is 0.341. The van der Waals surface area contributed by atoms with Crippen LogP contribution in [-0.2, 0) is 9.53 Å². The van der Waals surface area contributed by atoms with E-state index in [2.05, 4.69) is 11.9 Å². The number of rotatable bonds is 6. The fraction of sp³-hybridized carbons (Fsp3) is 0.304. The third kappa shape index (κ3) is 5.07. The van der Waals surface area contributed by atoms with Gasteiger partial charge in [0, 0.05) is 11.5 Å². The molecule has 1 amide bonds. The summed E-state index contributed by atoms with van der Waals surface area (Å²) < 4.78 is 5.64. The SMILES string of the molecule is C=C[C@@H](c1ccccc1)[C@](C)(NC(=O)c1ccccc1)C(=O)OC(C)(C)C. The lowest BCUT2D eigenvalue weighted by Crippen LogP contribution is -2.57. The Hall–Kier alpha value is -2.88. The van der Waals surface area contributed by atoms with Gasteiger partial charge in [-0.05, 0) is 45.4 Å². The molecular formula is C23H27NO3. The summed E-state index contributed by atoms with van der Waals surface area (Å²) in [5, 5.41) is 2.90. The molecule has 0 unspecified atom stereocenters. The number of hydrogen-bond acceptors (Lipinski definition) is 3. The zero-order valence-electron chi connectivity index (χ0n) is 16.4. The first-order valence-corrected chi connectivity index (χ1v) is 8.96. The van der Waals surface area contributed by atoms with Crippen LogP contribution in [0.25, 0.3) is 0 Å². The van der Waals surface area contributed by atoms with Gasteiger partial charge in [0.1, 0.15) is 11.1 Å². The molecule has 0 spiro atoms. The number of amides is 1. The average Bonchev–Trinajstić information content (AvgIpc) is 2.62. The molecule has 0 aliphatic carbocycles. The molecule has 0 fully saturated rings. The minimum Gasteiger partial charge on any atom is -0.458 e. The Morgan fingerprint density at radius 1 is 0.963 bits per heavy atom. The molecule has 0 aromatic heterocycles. The molecule has 142 valence electrons. The highest BCUT2D eigenvalue weighted by Crippen LogP contribution is 2.32. The summed E-state index contributed by atoms with van der Waals surface area (Å²) in [6, 6.07) is 18.3. The lowest BCUT2D eigenvalue weighted by molar-refractivity contribution is -0.162. The maximum Gasteiger partial charge on any atom is 0.333 e. The molecule has 2 atom stereocenters. The topological polar surface area (TPSA) is 55.4 Å². The number of hydrogen-bond donors (Lipinski definition) is 1. The van der Waals surface area contributed by atoms with E-state index in [4.69, 9.17) is 4.74 Å². The van der Waals surface area contributed by atoms with Crippen LogP contribution in [0.4, 0.5) is 0 Å². The van der Waals surface area contributed by atoms with Crippen molar-refractivity contribution in [2.45, 2.75) is 44.8 Å². The third-order valence-corrected chi connectivity index (χ3v) is 4.25. The fourth-order valence-electron chi connectivity index (χ4n) is 2.90. The van der Waals surface area contributed by atoms with E-state index >= 15 is 0 Å². The van der Waals surface area contributed by atoms with Gasteiger partial charge >= 0.3 is 5.97 Å². The predicted molar refractivity (Wildman–Crippen MR) is 108 cm³/mol. The number of ether oxygens (including phenoxy) is 1. The summed E-state index contributed by atoms with van der Waals surface area (Å²) in [5.41, 5.74) is -0.654. The molecule has 0 bridgehead atoms. The number of carbonyl (C=O) groups is 2. The van der Waals surface area contributed by atoms with Crippen LogP contribution in [0.1, 0.15) is 49.5 Å². The molecule has 1 N–H and O–H groups in total. The zero-order valence-corrected chi connectivity index (χ0v) is 16.4. The molecule has 0 aliphatic heterocycles. The molecule has 0 saturated carbocycles. The van der Waals surface area contributed by atoms with Gasteiger partial charge < -0.3 is 10.1 Å². The number of esters is 1. The first kappa shape index (κ1) is 20.4. The van der Waals surface area contributed by atoms with Crippen molar-refractivity contribution in [1.82, 2.24) is 5.32 Å². The van der Waals surface area contributed by atoms with E-state index in [1.54, 1.807) is 58.0 Å². The van der Waals surface area contributed by atoms with Crippen LogP contribution >= 0.6 is 0 Å². The lowest BCUT2D eigenvalue weighted by atomic mass is 9.80. The number of benzene rings is 2. The largest absolute Gasteiger partial charge is 0.458 e. The van der Waals surface area contributed by atoms with Crippen LogP contribution in [0.15, 0.2) is 73.3 Å². The molecular weight excluding hydrogens is 338 g/mol. The first-order chi connectivity index (χ1) is 12.7. The highest BCUT2D eigenvalue weighted by Gasteiger charge is 2.45.